The molecule has 10 rings (SSSR count). The Balaban J connectivity index is 1.11. The van der Waals surface area contributed by atoms with Crippen LogP contribution in [0.1, 0.15) is 0 Å². The zero-order valence-electron chi connectivity index (χ0n) is 26.4. The summed E-state index contributed by atoms with van der Waals surface area (Å²) in [4.78, 5) is 7.46. The molecule has 0 saturated heterocycles. The monoisotopic (exact) mass is 644 g/mol. The summed E-state index contributed by atoms with van der Waals surface area (Å²) < 4.78 is 7.55. The van der Waals surface area contributed by atoms with Crippen molar-refractivity contribution in [2.75, 3.05) is 4.90 Å². The Morgan fingerprint density at radius 1 is 0.449 bits per heavy atom. The number of thiazole rings is 1. The number of anilines is 3. The number of aromatic nitrogens is 1. The van der Waals surface area contributed by atoms with Crippen molar-refractivity contribution in [1.82, 2.24) is 4.98 Å². The maximum Gasteiger partial charge on any atom is 0.137 e. The molecule has 49 heavy (non-hydrogen) atoms. The topological polar surface area (TPSA) is 29.3 Å². The molecule has 0 aliphatic rings. The van der Waals surface area contributed by atoms with Gasteiger partial charge in [-0.1, -0.05) is 109 Å². The Hall–Kier alpha value is -6.23. The van der Waals surface area contributed by atoms with E-state index in [2.05, 4.69) is 163 Å². The van der Waals surface area contributed by atoms with Gasteiger partial charge in [-0.2, -0.15) is 0 Å². The van der Waals surface area contributed by atoms with Crippen molar-refractivity contribution in [3.05, 3.63) is 170 Å². The van der Waals surface area contributed by atoms with Gasteiger partial charge in [-0.3, -0.25) is 0 Å². The van der Waals surface area contributed by atoms with Crippen LogP contribution in [0, 0.1) is 0 Å². The van der Waals surface area contributed by atoms with Crippen LogP contribution in [0.3, 0.4) is 0 Å². The van der Waals surface area contributed by atoms with E-state index >= 15 is 0 Å². The van der Waals surface area contributed by atoms with Crippen LogP contribution in [0.25, 0.3) is 75.4 Å². The van der Waals surface area contributed by atoms with Crippen LogP contribution in [-0.4, -0.2) is 4.98 Å². The summed E-state index contributed by atoms with van der Waals surface area (Å²) in [6.45, 7) is 0. The first-order chi connectivity index (χ1) is 24.3. The molecule has 4 heteroatoms. The van der Waals surface area contributed by atoms with Gasteiger partial charge in [-0.15, -0.1) is 11.3 Å². The van der Waals surface area contributed by atoms with Crippen molar-refractivity contribution in [1.29, 1.82) is 0 Å². The molecule has 8 aromatic carbocycles. The fraction of sp³-hybridized carbons (Fsp3) is 0. The molecule has 0 radical (unpaired) electrons. The summed E-state index contributed by atoms with van der Waals surface area (Å²) in [6, 6.07) is 60.2. The van der Waals surface area contributed by atoms with Crippen molar-refractivity contribution in [3.63, 3.8) is 0 Å². The average molecular weight is 645 g/mol. The fourth-order valence-corrected chi connectivity index (χ4v) is 8.29. The molecule has 230 valence electrons. The second kappa shape index (κ2) is 11.2. The van der Waals surface area contributed by atoms with Crippen LogP contribution in [0.15, 0.2) is 174 Å². The van der Waals surface area contributed by atoms with Crippen LogP contribution in [0.4, 0.5) is 17.1 Å². The van der Waals surface area contributed by atoms with Gasteiger partial charge in [0, 0.05) is 27.7 Å². The lowest BCUT2D eigenvalue weighted by Crippen LogP contribution is -2.10. The Morgan fingerprint density at radius 3 is 1.90 bits per heavy atom. The molecule has 2 heterocycles. The molecular formula is C45H28N2OS. The molecule has 0 N–H and O–H groups in total. The first-order valence-corrected chi connectivity index (χ1v) is 17.3. The minimum atomic E-state index is 0.871. The van der Waals surface area contributed by atoms with Gasteiger partial charge in [0.2, 0.25) is 0 Å². The van der Waals surface area contributed by atoms with Crippen molar-refractivity contribution >= 4 is 82.1 Å². The summed E-state index contributed by atoms with van der Waals surface area (Å²) in [5.41, 5.74) is 9.48. The van der Waals surface area contributed by atoms with E-state index in [1.54, 1.807) is 11.3 Å². The molecule has 0 amide bonds. The molecule has 10 aromatic rings. The van der Waals surface area contributed by atoms with E-state index < -0.39 is 0 Å². The molecule has 2 aromatic heterocycles. The van der Waals surface area contributed by atoms with E-state index in [0.717, 1.165) is 55.1 Å². The van der Waals surface area contributed by atoms with Crippen LogP contribution in [0.5, 0.6) is 0 Å². The standard InChI is InChI=1S/C45H28N2OS/c1-2-9-29(10-3-1)30-19-24-34(25-20-30)47(39-14-8-16-41-43(39)37-13-6-7-15-40(37)48-41)35-26-21-33(22-27-35)45-46-38-28-23-32-18-17-31-11-4-5-12-36(31)42(32)44(38)49-45/h1-28H. The van der Waals surface area contributed by atoms with E-state index in [0.29, 0.717) is 0 Å². The molecule has 0 atom stereocenters. The lowest BCUT2D eigenvalue weighted by Gasteiger charge is -2.26. The molecular weight excluding hydrogens is 617 g/mol. The Bertz CT molecular complexity index is 2810. The predicted octanol–water partition coefficient (Wildman–Crippen LogP) is 13.3. The molecule has 0 saturated carbocycles. The smallest absolute Gasteiger partial charge is 0.137 e. The minimum absolute atomic E-state index is 0.871. The van der Waals surface area contributed by atoms with Crippen LogP contribution in [-0.2, 0) is 0 Å². The highest BCUT2D eigenvalue weighted by atomic mass is 32.1. The summed E-state index contributed by atoms with van der Waals surface area (Å²) in [5, 5.41) is 8.26. The third-order valence-corrected chi connectivity index (χ3v) is 10.6. The van der Waals surface area contributed by atoms with Gasteiger partial charge in [0.15, 0.2) is 0 Å². The number of rotatable bonds is 5. The first-order valence-electron chi connectivity index (χ1n) is 16.5. The Morgan fingerprint density at radius 2 is 1.08 bits per heavy atom. The highest BCUT2D eigenvalue weighted by molar-refractivity contribution is 7.22. The number of nitrogens with zero attached hydrogens (tertiary/aromatic N) is 2. The number of hydrogen-bond donors (Lipinski definition) is 0. The third kappa shape index (κ3) is 4.61. The number of para-hydroxylation sites is 1. The molecule has 3 nitrogen and oxygen atoms in total. The van der Waals surface area contributed by atoms with Gasteiger partial charge in [0.05, 0.1) is 21.3 Å². The summed E-state index contributed by atoms with van der Waals surface area (Å²) >= 11 is 1.77. The lowest BCUT2D eigenvalue weighted by atomic mass is 10.0. The van der Waals surface area contributed by atoms with Crippen molar-refractivity contribution in [3.8, 4) is 21.7 Å². The molecule has 0 aliphatic carbocycles. The minimum Gasteiger partial charge on any atom is -0.456 e. The van der Waals surface area contributed by atoms with Crippen LogP contribution in [0.2, 0.25) is 0 Å². The maximum absolute atomic E-state index is 6.32. The van der Waals surface area contributed by atoms with E-state index in [1.165, 1.54) is 37.4 Å². The third-order valence-electron chi connectivity index (χ3n) is 9.49. The normalized spacial score (nSPS) is 11.7. The quantitative estimate of drug-likeness (QED) is 0.175. The predicted molar refractivity (Wildman–Crippen MR) is 207 cm³/mol. The van der Waals surface area contributed by atoms with E-state index in [1.807, 2.05) is 12.1 Å². The molecule has 0 spiro atoms. The van der Waals surface area contributed by atoms with Gasteiger partial charge in [-0.05, 0) is 87.9 Å². The zero-order chi connectivity index (χ0) is 32.3. The average Bonchev–Trinajstić information content (AvgIpc) is 3.78. The highest BCUT2D eigenvalue weighted by Gasteiger charge is 2.20. The van der Waals surface area contributed by atoms with E-state index in [9.17, 15) is 0 Å². The van der Waals surface area contributed by atoms with E-state index in [-0.39, 0.29) is 0 Å². The number of benzene rings is 8. The molecule has 0 unspecified atom stereocenters. The number of hydrogen-bond acceptors (Lipinski definition) is 4. The van der Waals surface area contributed by atoms with Crippen molar-refractivity contribution < 1.29 is 4.42 Å². The highest BCUT2D eigenvalue weighted by Crippen LogP contribution is 2.44. The van der Waals surface area contributed by atoms with E-state index in [4.69, 9.17) is 9.40 Å². The second-order valence-electron chi connectivity index (χ2n) is 12.4. The maximum atomic E-state index is 6.32. The van der Waals surface area contributed by atoms with Crippen LogP contribution < -0.4 is 4.90 Å². The van der Waals surface area contributed by atoms with Gasteiger partial charge in [0.25, 0.3) is 0 Å². The molecule has 0 bridgehead atoms. The summed E-state index contributed by atoms with van der Waals surface area (Å²) in [6.07, 6.45) is 0. The van der Waals surface area contributed by atoms with Gasteiger partial charge in [-0.25, -0.2) is 4.98 Å². The number of fused-ring (bicyclic) bond motifs is 8. The zero-order valence-corrected chi connectivity index (χ0v) is 27.2. The van der Waals surface area contributed by atoms with Crippen molar-refractivity contribution in [2.24, 2.45) is 0 Å². The SMILES string of the molecule is c1ccc(-c2ccc(N(c3ccc(-c4nc5ccc6ccc7ccccc7c6c5s4)cc3)c3cccc4oc5ccccc5c34)cc2)cc1. The summed E-state index contributed by atoms with van der Waals surface area (Å²) in [5.74, 6) is 0. The Kier molecular flexibility index (Phi) is 6.36. The largest absolute Gasteiger partial charge is 0.456 e. The number of furan rings is 1. The van der Waals surface area contributed by atoms with Crippen molar-refractivity contribution in [2.45, 2.75) is 0 Å². The van der Waals surface area contributed by atoms with Gasteiger partial charge < -0.3 is 9.32 Å². The lowest BCUT2D eigenvalue weighted by molar-refractivity contribution is 0.669. The van der Waals surface area contributed by atoms with Gasteiger partial charge >= 0.3 is 0 Å². The first kappa shape index (κ1) is 27.8. The van der Waals surface area contributed by atoms with Gasteiger partial charge in [0.1, 0.15) is 16.2 Å². The summed E-state index contributed by atoms with van der Waals surface area (Å²) in [7, 11) is 0. The molecule has 0 aliphatic heterocycles. The fourth-order valence-electron chi connectivity index (χ4n) is 7.15. The second-order valence-corrected chi connectivity index (χ2v) is 13.4. The Labute approximate surface area is 286 Å². The van der Waals surface area contributed by atoms with Crippen LogP contribution >= 0.6 is 11.3 Å². The molecule has 0 fully saturated rings.